The summed E-state index contributed by atoms with van der Waals surface area (Å²) in [5.74, 6) is 0.213. The van der Waals surface area contributed by atoms with Crippen molar-refractivity contribution >= 4 is 33.5 Å². The van der Waals surface area contributed by atoms with Crippen LogP contribution in [0.1, 0.15) is 61.1 Å². The largest absolute Gasteiger partial charge is 0.395 e. The van der Waals surface area contributed by atoms with Gasteiger partial charge in [0.1, 0.15) is 4.83 Å². The molecule has 1 fully saturated rings. The van der Waals surface area contributed by atoms with Gasteiger partial charge in [0, 0.05) is 42.4 Å². The third-order valence-electron chi connectivity index (χ3n) is 7.04. The zero-order valence-corrected chi connectivity index (χ0v) is 22.8. The van der Waals surface area contributed by atoms with E-state index in [9.17, 15) is 9.59 Å². The Bertz CT molecular complexity index is 1230. The molecule has 1 saturated heterocycles. The van der Waals surface area contributed by atoms with E-state index in [1.54, 1.807) is 11.3 Å². The Morgan fingerprint density at radius 2 is 1.78 bits per heavy atom. The minimum Gasteiger partial charge on any atom is -0.395 e. The lowest BCUT2D eigenvalue weighted by Gasteiger charge is -2.28. The van der Waals surface area contributed by atoms with Crippen LogP contribution in [0.25, 0.3) is 21.5 Å². The molecule has 0 unspecified atom stereocenters. The second kappa shape index (κ2) is 10.6. The molecule has 0 radical (unpaired) electrons. The van der Waals surface area contributed by atoms with Gasteiger partial charge in [0.2, 0.25) is 5.91 Å². The Labute approximate surface area is 217 Å². The van der Waals surface area contributed by atoms with Crippen molar-refractivity contribution in [1.29, 1.82) is 0 Å². The molecule has 4 N–H and O–H groups in total. The Kier molecular flexibility index (Phi) is 7.76. The van der Waals surface area contributed by atoms with Crippen LogP contribution in [-0.4, -0.2) is 59.7 Å². The van der Waals surface area contributed by atoms with E-state index in [4.69, 9.17) is 5.11 Å². The van der Waals surface area contributed by atoms with Gasteiger partial charge in [-0.25, -0.2) is 4.79 Å². The third kappa shape index (κ3) is 5.30. The van der Waals surface area contributed by atoms with Gasteiger partial charge in [0.15, 0.2) is 0 Å². The van der Waals surface area contributed by atoms with E-state index < -0.39 is 5.41 Å². The number of aryl methyl sites for hydroxylation is 2. The number of urea groups is 1. The first kappa shape index (κ1) is 26.2. The van der Waals surface area contributed by atoms with Gasteiger partial charge < -0.3 is 25.6 Å². The Morgan fingerprint density at radius 1 is 1.11 bits per heavy atom. The molecule has 0 saturated carbocycles. The lowest BCUT2D eigenvalue weighted by molar-refractivity contribution is -0.135. The number of hydrogen-bond acceptors (Lipinski definition) is 4. The minimum atomic E-state index is -0.599. The van der Waals surface area contributed by atoms with Crippen molar-refractivity contribution in [2.75, 3.05) is 32.8 Å². The molecule has 7 nitrogen and oxygen atoms in total. The molecule has 4 rings (SSSR count). The van der Waals surface area contributed by atoms with Gasteiger partial charge in [0.05, 0.1) is 17.7 Å². The summed E-state index contributed by atoms with van der Waals surface area (Å²) in [5, 5.41) is 15.7. The Morgan fingerprint density at radius 3 is 2.42 bits per heavy atom. The Hall–Kier alpha value is -2.84. The maximum Gasteiger partial charge on any atom is 0.314 e. The van der Waals surface area contributed by atoms with E-state index in [0.717, 1.165) is 57.8 Å². The van der Waals surface area contributed by atoms with E-state index in [1.807, 2.05) is 18.7 Å². The standard InChI is InChI=1S/C28H38N4O3S/c1-17-12-18(2)14-20(13-17)24-23(19(3)16-30-27(35)29-8-11-33)21-15-22(36-25(21)31-24)28(4,5)26(34)32-9-6-7-10-32/h12-15,19,31,33H,6-11,16H2,1-5H3,(H2,29,30,35)/t19-/m1/s1. The van der Waals surface area contributed by atoms with Crippen LogP contribution in [0.5, 0.6) is 0 Å². The molecule has 0 aliphatic carbocycles. The highest BCUT2D eigenvalue weighted by Crippen LogP contribution is 2.43. The number of carbonyl (C=O) groups excluding carboxylic acids is 2. The lowest BCUT2D eigenvalue weighted by Crippen LogP contribution is -2.41. The summed E-state index contributed by atoms with van der Waals surface area (Å²) in [7, 11) is 0. The predicted molar refractivity (Wildman–Crippen MR) is 147 cm³/mol. The zero-order valence-electron chi connectivity index (χ0n) is 22.0. The molecule has 2 aromatic heterocycles. The summed E-state index contributed by atoms with van der Waals surface area (Å²) in [6.07, 6.45) is 2.15. The van der Waals surface area contributed by atoms with Gasteiger partial charge in [0.25, 0.3) is 0 Å². The number of likely N-dealkylation sites (tertiary alicyclic amines) is 1. The number of carbonyl (C=O) groups is 2. The van der Waals surface area contributed by atoms with Crippen molar-refractivity contribution in [1.82, 2.24) is 20.5 Å². The highest BCUT2D eigenvalue weighted by atomic mass is 32.1. The molecule has 1 aliphatic rings. The van der Waals surface area contributed by atoms with Crippen LogP contribution in [0, 0.1) is 13.8 Å². The van der Waals surface area contributed by atoms with Crippen molar-refractivity contribution in [3.8, 4) is 11.3 Å². The van der Waals surface area contributed by atoms with E-state index in [1.165, 1.54) is 11.1 Å². The fourth-order valence-electron chi connectivity index (χ4n) is 5.17. The van der Waals surface area contributed by atoms with Crippen molar-refractivity contribution < 1.29 is 14.7 Å². The highest BCUT2D eigenvalue weighted by Gasteiger charge is 2.37. The first-order valence-corrected chi connectivity index (χ1v) is 13.6. The molecule has 1 aliphatic heterocycles. The quantitative estimate of drug-likeness (QED) is 0.350. The summed E-state index contributed by atoms with van der Waals surface area (Å²) in [5.41, 5.74) is 5.11. The number of aromatic amines is 1. The molecule has 3 amide bonds. The summed E-state index contributed by atoms with van der Waals surface area (Å²) in [6.45, 7) is 12.6. The maximum atomic E-state index is 13.4. The fraction of sp³-hybridized carbons (Fsp3) is 0.500. The topological polar surface area (TPSA) is 97.5 Å². The number of aliphatic hydroxyl groups is 1. The van der Waals surface area contributed by atoms with Crippen LogP contribution in [0.3, 0.4) is 0 Å². The summed E-state index contributed by atoms with van der Waals surface area (Å²) >= 11 is 1.65. The SMILES string of the molecule is Cc1cc(C)cc(-c2[nH]c3sc(C(C)(C)C(=O)N4CCCC4)cc3c2[C@H](C)CNC(=O)NCCO)c1. The van der Waals surface area contributed by atoms with Crippen molar-refractivity contribution in [3.63, 3.8) is 0 Å². The van der Waals surface area contributed by atoms with E-state index in [0.29, 0.717) is 6.54 Å². The molecule has 36 heavy (non-hydrogen) atoms. The number of aromatic nitrogens is 1. The van der Waals surface area contributed by atoms with Crippen molar-refractivity contribution in [3.05, 3.63) is 45.8 Å². The number of nitrogens with one attached hydrogen (secondary N) is 3. The maximum absolute atomic E-state index is 13.4. The number of thiophene rings is 1. The van der Waals surface area contributed by atoms with Crippen LogP contribution < -0.4 is 10.6 Å². The fourth-order valence-corrected chi connectivity index (χ4v) is 6.34. The molecule has 1 atom stereocenters. The van der Waals surface area contributed by atoms with Gasteiger partial charge >= 0.3 is 6.03 Å². The van der Waals surface area contributed by atoms with Crippen LogP contribution in [0.15, 0.2) is 24.3 Å². The summed E-state index contributed by atoms with van der Waals surface area (Å²) in [4.78, 5) is 33.3. The molecular formula is C28H38N4O3S. The number of benzene rings is 1. The molecule has 3 heterocycles. The number of fused-ring (bicyclic) bond motifs is 1. The number of hydrogen-bond donors (Lipinski definition) is 4. The first-order valence-electron chi connectivity index (χ1n) is 12.8. The van der Waals surface area contributed by atoms with Gasteiger partial charge in [-0.3, -0.25) is 4.79 Å². The molecular weight excluding hydrogens is 472 g/mol. The summed E-state index contributed by atoms with van der Waals surface area (Å²) in [6, 6.07) is 8.41. The average molecular weight is 511 g/mol. The minimum absolute atomic E-state index is 0.0225. The molecule has 3 aromatic rings. The van der Waals surface area contributed by atoms with E-state index in [-0.39, 0.29) is 31.0 Å². The Balaban J connectivity index is 1.73. The molecule has 0 spiro atoms. The number of aliphatic hydroxyl groups excluding tert-OH is 1. The molecule has 1 aromatic carbocycles. The third-order valence-corrected chi connectivity index (χ3v) is 8.42. The van der Waals surface area contributed by atoms with Crippen molar-refractivity contribution in [2.24, 2.45) is 0 Å². The second-order valence-corrected chi connectivity index (χ2v) is 11.6. The van der Waals surface area contributed by atoms with Gasteiger partial charge in [-0.2, -0.15) is 0 Å². The number of H-pyrrole nitrogens is 1. The van der Waals surface area contributed by atoms with Gasteiger partial charge in [-0.05, 0) is 69.9 Å². The second-order valence-electron chi connectivity index (χ2n) is 10.5. The van der Waals surface area contributed by atoms with Crippen LogP contribution in [-0.2, 0) is 10.2 Å². The van der Waals surface area contributed by atoms with Crippen molar-refractivity contribution in [2.45, 2.75) is 58.8 Å². The number of nitrogens with zero attached hydrogens (tertiary/aromatic N) is 1. The number of rotatable bonds is 8. The van der Waals surface area contributed by atoms with Gasteiger partial charge in [-0.15, -0.1) is 11.3 Å². The molecule has 194 valence electrons. The first-order chi connectivity index (χ1) is 17.1. The van der Waals surface area contributed by atoms with Crippen LogP contribution >= 0.6 is 11.3 Å². The normalized spacial score (nSPS) is 14.9. The smallest absolute Gasteiger partial charge is 0.314 e. The predicted octanol–water partition coefficient (Wildman–Crippen LogP) is 4.81. The monoisotopic (exact) mass is 510 g/mol. The molecule has 8 heteroatoms. The number of amides is 3. The summed E-state index contributed by atoms with van der Waals surface area (Å²) < 4.78 is 0. The van der Waals surface area contributed by atoms with Gasteiger partial charge in [-0.1, -0.05) is 24.1 Å². The van der Waals surface area contributed by atoms with Crippen LogP contribution in [0.2, 0.25) is 0 Å². The molecule has 0 bridgehead atoms. The van der Waals surface area contributed by atoms with Crippen LogP contribution in [0.4, 0.5) is 4.79 Å². The average Bonchev–Trinajstić information content (AvgIpc) is 3.56. The van der Waals surface area contributed by atoms with E-state index in [2.05, 4.69) is 60.7 Å². The van der Waals surface area contributed by atoms with E-state index >= 15 is 0 Å². The zero-order chi connectivity index (χ0) is 26.0. The highest BCUT2D eigenvalue weighted by molar-refractivity contribution is 7.19. The lowest BCUT2D eigenvalue weighted by atomic mass is 9.88.